The van der Waals surface area contributed by atoms with Crippen molar-refractivity contribution in [3.8, 4) is 0 Å². The Kier molecular flexibility index (Phi) is 35.2. The van der Waals surface area contributed by atoms with Crippen LogP contribution in [0.5, 0.6) is 0 Å². The van der Waals surface area contributed by atoms with Gasteiger partial charge >= 0.3 is 5.97 Å². The van der Waals surface area contributed by atoms with Crippen molar-refractivity contribution in [2.24, 2.45) is 0 Å². The van der Waals surface area contributed by atoms with Gasteiger partial charge in [0.15, 0.2) is 0 Å². The van der Waals surface area contributed by atoms with Crippen LogP contribution < -0.4 is 0 Å². The number of allylic oxidation sites excluding steroid dienone is 4. The molecule has 0 rings (SSSR count). The quantitative estimate of drug-likeness (QED) is 0.0373. The summed E-state index contributed by atoms with van der Waals surface area (Å²) < 4.78 is 5.95. The van der Waals surface area contributed by atoms with Gasteiger partial charge in [-0.2, -0.15) is 0 Å². The highest BCUT2D eigenvalue weighted by molar-refractivity contribution is 5.78. The van der Waals surface area contributed by atoms with Crippen LogP contribution in [0.1, 0.15) is 206 Å². The van der Waals surface area contributed by atoms with Crippen molar-refractivity contribution in [3.05, 3.63) is 24.3 Å². The van der Waals surface area contributed by atoms with E-state index in [9.17, 15) is 14.4 Å². The fraction of sp³-hybridized carbons (Fsp3) is 0.837. The number of hydrogen-bond acceptors (Lipinski definition) is 5. The van der Waals surface area contributed by atoms with Gasteiger partial charge in [-0.05, 0) is 104 Å². The molecule has 0 spiro atoms. The van der Waals surface area contributed by atoms with E-state index in [1.54, 1.807) is 0 Å². The monoisotopic (exact) mass is 674 g/mol. The van der Waals surface area contributed by atoms with E-state index in [0.717, 1.165) is 116 Å². The van der Waals surface area contributed by atoms with Crippen LogP contribution >= 0.6 is 0 Å². The number of ketones is 2. The van der Waals surface area contributed by atoms with Crippen LogP contribution in [-0.4, -0.2) is 49.2 Å². The lowest BCUT2D eigenvalue weighted by Gasteiger charge is -2.18. The van der Waals surface area contributed by atoms with Gasteiger partial charge in [0.05, 0.1) is 0 Å². The highest BCUT2D eigenvalue weighted by atomic mass is 16.5. The third-order valence-electron chi connectivity index (χ3n) is 9.21. The van der Waals surface area contributed by atoms with Gasteiger partial charge in [0.25, 0.3) is 0 Å². The number of ether oxygens (including phenoxy) is 1. The Hall–Kier alpha value is -1.75. The van der Waals surface area contributed by atoms with Crippen molar-refractivity contribution in [2.45, 2.75) is 213 Å². The van der Waals surface area contributed by atoms with E-state index < -0.39 is 0 Å². The minimum atomic E-state index is -0.0587. The van der Waals surface area contributed by atoms with Gasteiger partial charge < -0.3 is 9.64 Å². The van der Waals surface area contributed by atoms with Crippen LogP contribution in [0.25, 0.3) is 0 Å². The Labute approximate surface area is 298 Å². The summed E-state index contributed by atoms with van der Waals surface area (Å²) in [6, 6.07) is 0. The fourth-order valence-corrected chi connectivity index (χ4v) is 6.08. The predicted octanol–water partition coefficient (Wildman–Crippen LogP) is 12.5. The van der Waals surface area contributed by atoms with Crippen molar-refractivity contribution in [1.82, 2.24) is 4.90 Å². The van der Waals surface area contributed by atoms with Crippen molar-refractivity contribution in [2.75, 3.05) is 20.6 Å². The number of carbonyl (C=O) groups excluding carboxylic acids is 3. The van der Waals surface area contributed by atoms with Crippen molar-refractivity contribution in [1.29, 1.82) is 0 Å². The Morgan fingerprint density at radius 2 is 0.896 bits per heavy atom. The maximum atomic E-state index is 12.5. The van der Waals surface area contributed by atoms with Crippen molar-refractivity contribution >= 4 is 17.5 Å². The Bertz CT molecular complexity index is 751. The highest BCUT2D eigenvalue weighted by Gasteiger charge is 2.14. The van der Waals surface area contributed by atoms with Gasteiger partial charge in [0, 0.05) is 32.1 Å². The number of Topliss-reactive ketones (excluding diaryl/α,β-unsaturated/α-hetero) is 2. The summed E-state index contributed by atoms with van der Waals surface area (Å²) in [4.78, 5) is 39.1. The minimum Gasteiger partial charge on any atom is -0.462 e. The first-order valence-corrected chi connectivity index (χ1v) is 20.6. The molecule has 5 nitrogen and oxygen atoms in total. The lowest BCUT2D eigenvalue weighted by atomic mass is 10.0. The van der Waals surface area contributed by atoms with E-state index >= 15 is 0 Å². The molecule has 0 aromatic heterocycles. The molecular weight excluding hydrogens is 594 g/mol. The second-order valence-electron chi connectivity index (χ2n) is 14.4. The summed E-state index contributed by atoms with van der Waals surface area (Å²) in [5.41, 5.74) is 0. The maximum Gasteiger partial charge on any atom is 0.306 e. The number of esters is 1. The van der Waals surface area contributed by atoms with E-state index in [2.05, 4.69) is 43.1 Å². The Morgan fingerprint density at radius 1 is 0.479 bits per heavy atom. The first-order valence-electron chi connectivity index (χ1n) is 20.6. The molecule has 0 aliphatic carbocycles. The van der Waals surface area contributed by atoms with Crippen LogP contribution in [0.15, 0.2) is 24.3 Å². The molecule has 0 aromatic rings. The third-order valence-corrected chi connectivity index (χ3v) is 9.21. The summed E-state index contributed by atoms with van der Waals surface area (Å²) >= 11 is 0. The molecule has 0 fully saturated rings. The lowest BCUT2D eigenvalue weighted by Crippen LogP contribution is -2.20. The summed E-state index contributed by atoms with van der Waals surface area (Å²) in [7, 11) is 4.06. The van der Waals surface area contributed by atoms with Gasteiger partial charge in [-0.25, -0.2) is 0 Å². The van der Waals surface area contributed by atoms with Crippen LogP contribution in [0.2, 0.25) is 0 Å². The molecule has 0 aliphatic rings. The summed E-state index contributed by atoms with van der Waals surface area (Å²) in [5, 5.41) is 0. The molecule has 0 amide bonds. The summed E-state index contributed by atoms with van der Waals surface area (Å²) in [6.07, 6.45) is 40.2. The van der Waals surface area contributed by atoms with Crippen LogP contribution in [-0.2, 0) is 19.1 Å². The molecule has 280 valence electrons. The zero-order valence-corrected chi connectivity index (χ0v) is 32.4. The molecular formula is C43H79NO4. The molecule has 0 unspecified atom stereocenters. The van der Waals surface area contributed by atoms with E-state index in [0.29, 0.717) is 43.7 Å². The normalized spacial score (nSPS) is 11.9. The topological polar surface area (TPSA) is 63.7 Å². The zero-order valence-electron chi connectivity index (χ0n) is 32.4. The number of unbranched alkanes of at least 4 members (excludes halogenated alkanes) is 16. The molecule has 5 heteroatoms. The second-order valence-corrected chi connectivity index (χ2v) is 14.4. The Balaban J connectivity index is 4.11. The van der Waals surface area contributed by atoms with Crippen LogP contribution in [0.4, 0.5) is 0 Å². The van der Waals surface area contributed by atoms with E-state index in [1.807, 2.05) is 14.1 Å². The molecule has 0 bridgehead atoms. The average Bonchev–Trinajstić information content (AvgIpc) is 3.05. The third kappa shape index (κ3) is 35.6. The largest absolute Gasteiger partial charge is 0.462 e. The number of nitrogens with zero attached hydrogens (tertiary/aromatic N) is 1. The van der Waals surface area contributed by atoms with Gasteiger partial charge in [-0.1, -0.05) is 115 Å². The minimum absolute atomic E-state index is 0.0133. The number of rotatable bonds is 37. The fourth-order valence-electron chi connectivity index (χ4n) is 6.08. The maximum absolute atomic E-state index is 12.5. The molecule has 0 aromatic carbocycles. The molecule has 0 atom stereocenters. The van der Waals surface area contributed by atoms with Gasteiger partial charge in [-0.3, -0.25) is 14.4 Å². The van der Waals surface area contributed by atoms with Gasteiger partial charge in [0.2, 0.25) is 0 Å². The van der Waals surface area contributed by atoms with Crippen LogP contribution in [0.3, 0.4) is 0 Å². The summed E-state index contributed by atoms with van der Waals surface area (Å²) in [6.45, 7) is 5.37. The first kappa shape index (κ1) is 46.2. The lowest BCUT2D eigenvalue weighted by molar-refractivity contribution is -0.150. The second kappa shape index (κ2) is 36.5. The standard InChI is InChI=1S/C43H79NO4/c1-5-7-9-11-13-15-19-25-32-40(45)34-27-21-17-23-29-36-42(48-43(47)38-31-39-44(3)4)37-30-24-18-22-28-35-41(46)33-26-20-16-14-12-10-8-6-2/h15-16,19-20,42H,5-14,17-18,21-39H2,1-4H3/b19-15-,20-16-. The summed E-state index contributed by atoms with van der Waals surface area (Å²) in [5.74, 6) is 0.737. The number of hydrogen-bond donors (Lipinski definition) is 0. The molecule has 0 saturated carbocycles. The van der Waals surface area contributed by atoms with Gasteiger partial charge in [-0.15, -0.1) is 0 Å². The number of carbonyl (C=O) groups is 3. The average molecular weight is 674 g/mol. The van der Waals surface area contributed by atoms with Gasteiger partial charge in [0.1, 0.15) is 17.7 Å². The SMILES string of the molecule is CCCCCC/C=C\CCC(=O)CCCCCCCC(CCCCCCCC(=O)CC/C=C\CCCCCC)OC(=O)CCCN(C)C. The first-order chi connectivity index (χ1) is 23.4. The van der Waals surface area contributed by atoms with E-state index in [1.165, 1.54) is 51.4 Å². The zero-order chi connectivity index (χ0) is 35.3. The predicted molar refractivity (Wildman–Crippen MR) is 207 cm³/mol. The molecule has 0 aliphatic heterocycles. The molecule has 0 N–H and O–H groups in total. The Morgan fingerprint density at radius 3 is 1.35 bits per heavy atom. The molecule has 0 heterocycles. The van der Waals surface area contributed by atoms with Crippen molar-refractivity contribution < 1.29 is 19.1 Å². The van der Waals surface area contributed by atoms with E-state index in [4.69, 9.17) is 4.74 Å². The molecule has 0 radical (unpaired) electrons. The molecule has 48 heavy (non-hydrogen) atoms. The molecule has 0 saturated heterocycles. The van der Waals surface area contributed by atoms with Crippen LogP contribution in [0, 0.1) is 0 Å². The highest BCUT2D eigenvalue weighted by Crippen LogP contribution is 2.18. The van der Waals surface area contributed by atoms with Crippen molar-refractivity contribution in [3.63, 3.8) is 0 Å². The smallest absolute Gasteiger partial charge is 0.306 e. The van der Waals surface area contributed by atoms with E-state index in [-0.39, 0.29) is 12.1 Å².